The molecule has 14 heavy (non-hydrogen) atoms. The lowest BCUT2D eigenvalue weighted by molar-refractivity contribution is -0.384. The second-order valence-corrected chi connectivity index (χ2v) is 4.47. The molecule has 0 atom stereocenters. The lowest BCUT2D eigenvalue weighted by Crippen LogP contribution is -1.91. The zero-order valence-corrected chi connectivity index (χ0v) is 9.48. The molecule has 0 saturated heterocycles. The SMILES string of the molecule is CCSc1cc(Cl)c([N+](=O)[O-])cc1C. The molecule has 0 aliphatic rings. The highest BCUT2D eigenvalue weighted by molar-refractivity contribution is 7.99. The summed E-state index contributed by atoms with van der Waals surface area (Å²) in [7, 11) is 0. The molecule has 3 nitrogen and oxygen atoms in total. The molecule has 0 N–H and O–H groups in total. The Kier molecular flexibility index (Phi) is 3.77. The molecule has 0 saturated carbocycles. The van der Waals surface area contributed by atoms with Crippen molar-refractivity contribution >= 4 is 29.1 Å². The molecule has 1 aromatic rings. The first-order valence-corrected chi connectivity index (χ1v) is 5.50. The summed E-state index contributed by atoms with van der Waals surface area (Å²) in [6.07, 6.45) is 0. The molecule has 0 radical (unpaired) electrons. The van der Waals surface area contributed by atoms with Crippen molar-refractivity contribution in [2.75, 3.05) is 5.75 Å². The Labute approximate surface area is 91.6 Å². The van der Waals surface area contributed by atoms with Gasteiger partial charge in [-0.2, -0.15) is 0 Å². The first-order valence-electron chi connectivity index (χ1n) is 4.13. The van der Waals surface area contributed by atoms with Gasteiger partial charge in [-0.25, -0.2) is 0 Å². The molecule has 0 spiro atoms. The maximum absolute atomic E-state index is 10.6. The van der Waals surface area contributed by atoms with Gasteiger partial charge in [-0.15, -0.1) is 11.8 Å². The number of nitro benzene ring substituents is 1. The third-order valence-corrected chi connectivity index (χ3v) is 3.08. The second-order valence-electron chi connectivity index (χ2n) is 2.76. The minimum Gasteiger partial charge on any atom is -0.258 e. The highest BCUT2D eigenvalue weighted by atomic mass is 35.5. The van der Waals surface area contributed by atoms with Gasteiger partial charge in [-0.1, -0.05) is 18.5 Å². The van der Waals surface area contributed by atoms with Crippen LogP contribution in [0.5, 0.6) is 0 Å². The van der Waals surface area contributed by atoms with Crippen LogP contribution in [0.4, 0.5) is 5.69 Å². The Balaban J connectivity index is 3.17. The lowest BCUT2D eigenvalue weighted by atomic mass is 10.2. The molecule has 1 rings (SSSR count). The summed E-state index contributed by atoms with van der Waals surface area (Å²) in [4.78, 5) is 11.1. The fraction of sp³-hybridized carbons (Fsp3) is 0.333. The van der Waals surface area contributed by atoms with Gasteiger partial charge in [0.25, 0.3) is 5.69 Å². The van der Waals surface area contributed by atoms with Crippen molar-refractivity contribution in [2.24, 2.45) is 0 Å². The minimum absolute atomic E-state index is 0.0235. The summed E-state index contributed by atoms with van der Waals surface area (Å²) in [5, 5.41) is 10.8. The molecule has 1 aromatic carbocycles. The molecular weight excluding hydrogens is 222 g/mol. The average Bonchev–Trinajstić information content (AvgIpc) is 2.10. The summed E-state index contributed by atoms with van der Waals surface area (Å²) in [6, 6.07) is 3.17. The molecule has 76 valence electrons. The summed E-state index contributed by atoms with van der Waals surface area (Å²) >= 11 is 7.41. The van der Waals surface area contributed by atoms with Crippen molar-refractivity contribution in [3.63, 3.8) is 0 Å². The van der Waals surface area contributed by atoms with E-state index in [1.807, 2.05) is 13.8 Å². The van der Waals surface area contributed by atoms with Crippen molar-refractivity contribution in [1.29, 1.82) is 0 Å². The van der Waals surface area contributed by atoms with E-state index in [2.05, 4.69) is 0 Å². The van der Waals surface area contributed by atoms with Crippen molar-refractivity contribution < 1.29 is 4.92 Å². The predicted molar refractivity (Wildman–Crippen MR) is 59.2 cm³/mol. The average molecular weight is 232 g/mol. The van der Waals surface area contributed by atoms with Crippen LogP contribution in [0.25, 0.3) is 0 Å². The van der Waals surface area contributed by atoms with Crippen LogP contribution >= 0.6 is 23.4 Å². The van der Waals surface area contributed by atoms with E-state index >= 15 is 0 Å². The van der Waals surface area contributed by atoms with E-state index in [0.717, 1.165) is 16.2 Å². The van der Waals surface area contributed by atoms with Crippen molar-refractivity contribution in [2.45, 2.75) is 18.7 Å². The van der Waals surface area contributed by atoms with Crippen LogP contribution in [0.15, 0.2) is 17.0 Å². The number of hydrogen-bond acceptors (Lipinski definition) is 3. The number of nitro groups is 1. The topological polar surface area (TPSA) is 43.1 Å². The van der Waals surface area contributed by atoms with Gasteiger partial charge < -0.3 is 0 Å². The molecule has 0 amide bonds. The van der Waals surface area contributed by atoms with Gasteiger partial charge in [-0.3, -0.25) is 10.1 Å². The molecule has 0 heterocycles. The number of rotatable bonds is 3. The molecule has 5 heteroatoms. The minimum atomic E-state index is -0.463. The maximum Gasteiger partial charge on any atom is 0.288 e. The van der Waals surface area contributed by atoms with Crippen molar-refractivity contribution in [3.05, 3.63) is 32.8 Å². The largest absolute Gasteiger partial charge is 0.288 e. The number of hydrogen-bond donors (Lipinski definition) is 0. The smallest absolute Gasteiger partial charge is 0.258 e. The second kappa shape index (κ2) is 4.66. The third-order valence-electron chi connectivity index (χ3n) is 1.74. The summed E-state index contributed by atoms with van der Waals surface area (Å²) in [5.41, 5.74) is 0.873. The van der Waals surface area contributed by atoms with E-state index < -0.39 is 4.92 Å². The predicted octanol–water partition coefficient (Wildman–Crippen LogP) is 3.67. The first-order chi connectivity index (χ1) is 6.56. The normalized spacial score (nSPS) is 10.2. The van der Waals surface area contributed by atoms with Crippen LogP contribution in [0, 0.1) is 17.0 Å². The number of nitrogens with zero attached hydrogens (tertiary/aromatic N) is 1. The van der Waals surface area contributed by atoms with Crippen molar-refractivity contribution in [1.82, 2.24) is 0 Å². The highest BCUT2D eigenvalue weighted by Gasteiger charge is 2.14. The Morgan fingerprint density at radius 1 is 1.57 bits per heavy atom. The molecule has 0 aliphatic heterocycles. The standard InChI is InChI=1S/C9H10ClNO2S/c1-3-14-9-5-7(10)8(11(12)13)4-6(9)2/h4-5H,3H2,1-2H3. The van der Waals surface area contributed by atoms with Crippen molar-refractivity contribution in [3.8, 4) is 0 Å². The van der Waals surface area contributed by atoms with Crippen LogP contribution in [0.1, 0.15) is 12.5 Å². The number of halogens is 1. The van der Waals surface area contributed by atoms with E-state index in [9.17, 15) is 10.1 Å². The molecule has 0 bridgehead atoms. The van der Waals surface area contributed by atoms with Crippen LogP contribution in [-0.2, 0) is 0 Å². The number of thioether (sulfide) groups is 1. The molecule has 0 aromatic heterocycles. The monoisotopic (exact) mass is 231 g/mol. The molecular formula is C9H10ClNO2S. The van der Waals surface area contributed by atoms with Gasteiger partial charge in [-0.05, 0) is 24.3 Å². The molecule has 0 unspecified atom stereocenters. The van der Waals surface area contributed by atoms with Gasteiger partial charge >= 0.3 is 0 Å². The Hall–Kier alpha value is -0.740. The van der Waals surface area contributed by atoms with Gasteiger partial charge in [0.05, 0.1) is 4.92 Å². The molecule has 0 aliphatic carbocycles. The first kappa shape index (κ1) is 11.3. The van der Waals surface area contributed by atoms with E-state index in [4.69, 9.17) is 11.6 Å². The van der Waals surface area contributed by atoms with Gasteiger partial charge in [0.15, 0.2) is 0 Å². The summed E-state index contributed by atoms with van der Waals surface area (Å²) in [5.74, 6) is 0.926. The van der Waals surface area contributed by atoms with Crippen LogP contribution in [-0.4, -0.2) is 10.7 Å². The van der Waals surface area contributed by atoms with E-state index in [-0.39, 0.29) is 10.7 Å². The zero-order chi connectivity index (χ0) is 10.7. The van der Waals surface area contributed by atoms with E-state index in [1.165, 1.54) is 6.07 Å². The number of benzene rings is 1. The van der Waals surface area contributed by atoms with Gasteiger partial charge in [0, 0.05) is 11.0 Å². The quantitative estimate of drug-likeness (QED) is 0.453. The lowest BCUT2D eigenvalue weighted by Gasteiger charge is -2.04. The van der Waals surface area contributed by atoms with Gasteiger partial charge in [0.2, 0.25) is 0 Å². The van der Waals surface area contributed by atoms with Gasteiger partial charge in [0.1, 0.15) is 5.02 Å². The summed E-state index contributed by atoms with van der Waals surface area (Å²) < 4.78 is 0. The summed E-state index contributed by atoms with van der Waals surface area (Å²) in [6.45, 7) is 3.88. The fourth-order valence-electron chi connectivity index (χ4n) is 1.10. The zero-order valence-electron chi connectivity index (χ0n) is 7.91. The van der Waals surface area contributed by atoms with Crippen LogP contribution in [0.2, 0.25) is 5.02 Å². The fourth-order valence-corrected chi connectivity index (χ4v) is 2.20. The Bertz CT molecular complexity index is 368. The Morgan fingerprint density at radius 2 is 2.21 bits per heavy atom. The van der Waals surface area contributed by atoms with Crippen LogP contribution in [0.3, 0.4) is 0 Å². The third kappa shape index (κ3) is 2.39. The van der Waals surface area contributed by atoms with Crippen LogP contribution < -0.4 is 0 Å². The van der Waals surface area contributed by atoms with E-state index in [0.29, 0.717) is 0 Å². The van der Waals surface area contributed by atoms with E-state index in [1.54, 1.807) is 17.8 Å². The maximum atomic E-state index is 10.6. The highest BCUT2D eigenvalue weighted by Crippen LogP contribution is 2.32. The Morgan fingerprint density at radius 3 is 2.71 bits per heavy atom. The molecule has 0 fully saturated rings. The number of aryl methyl sites for hydroxylation is 1.